The number of aromatic nitrogens is 1. The van der Waals surface area contributed by atoms with Crippen LogP contribution < -0.4 is 5.32 Å². The zero-order chi connectivity index (χ0) is 23.1. The summed E-state index contributed by atoms with van der Waals surface area (Å²) in [4.78, 5) is 41.3. The third kappa shape index (κ3) is 6.63. The first-order valence-corrected chi connectivity index (χ1v) is 11.6. The molecule has 0 aliphatic carbocycles. The molecule has 1 aliphatic heterocycles. The predicted octanol–water partition coefficient (Wildman–Crippen LogP) is 2.04. The van der Waals surface area contributed by atoms with Gasteiger partial charge in [0, 0.05) is 23.0 Å². The highest BCUT2D eigenvalue weighted by Gasteiger charge is 2.38. The van der Waals surface area contributed by atoms with E-state index in [2.05, 4.69) is 35.6 Å². The fraction of sp³-hybridized carbons (Fsp3) is 0.368. The van der Waals surface area contributed by atoms with Crippen molar-refractivity contribution in [2.24, 2.45) is 0 Å². The number of thioether (sulfide) groups is 1. The predicted molar refractivity (Wildman–Crippen MR) is 129 cm³/mol. The molecule has 2 aromatic rings. The minimum absolute atomic E-state index is 0.134. The number of benzene rings is 1. The van der Waals surface area contributed by atoms with Crippen LogP contribution in [0, 0.1) is 0 Å². The molecule has 2 unspecified atom stereocenters. The zero-order valence-electron chi connectivity index (χ0n) is 17.1. The Labute approximate surface area is 196 Å². The van der Waals surface area contributed by atoms with Gasteiger partial charge in [-0.1, -0.05) is 36.5 Å². The van der Waals surface area contributed by atoms with E-state index in [0.717, 1.165) is 11.8 Å². The van der Waals surface area contributed by atoms with Crippen molar-refractivity contribution < 1.29 is 24.4 Å². The number of pyridine rings is 1. The number of para-hydroxylation sites is 1. The summed E-state index contributed by atoms with van der Waals surface area (Å²) >= 11 is 8.88. The first-order chi connectivity index (χ1) is 14.7. The lowest BCUT2D eigenvalue weighted by Crippen LogP contribution is -2.52. The van der Waals surface area contributed by atoms with Crippen LogP contribution in [-0.4, -0.2) is 68.1 Å². The van der Waals surface area contributed by atoms with Gasteiger partial charge in [-0.05, 0) is 38.2 Å². The van der Waals surface area contributed by atoms with Gasteiger partial charge in [0.15, 0.2) is 0 Å². The second kappa shape index (κ2) is 11.8. The van der Waals surface area contributed by atoms with Crippen molar-refractivity contribution in [3.63, 3.8) is 0 Å². The number of carbonyl (C=O) groups is 3. The van der Waals surface area contributed by atoms with E-state index in [9.17, 15) is 24.4 Å². The van der Waals surface area contributed by atoms with Gasteiger partial charge in [-0.3, -0.25) is 19.4 Å². The molecule has 0 radical (unpaired) electrons. The van der Waals surface area contributed by atoms with Gasteiger partial charge in [-0.25, -0.2) is 0 Å². The second-order valence-corrected chi connectivity index (χ2v) is 8.82. The van der Waals surface area contributed by atoms with Crippen LogP contribution in [0.5, 0.6) is 0 Å². The van der Waals surface area contributed by atoms with Crippen LogP contribution in [-0.2, 0) is 4.79 Å². The Morgan fingerprint density at radius 1 is 1.32 bits per heavy atom. The van der Waals surface area contributed by atoms with Gasteiger partial charge in [-0.15, -0.1) is 12.6 Å². The summed E-state index contributed by atoms with van der Waals surface area (Å²) in [6.45, 7) is 2.04. The Hall–Kier alpha value is -1.73. The number of likely N-dealkylation sites (tertiary alicyclic amines) is 1. The highest BCUT2D eigenvalue weighted by Crippen LogP contribution is 2.23. The maximum absolute atomic E-state index is 12.7. The lowest BCUT2D eigenvalue weighted by atomic mass is 9.78. The monoisotopic (exact) mass is 481 g/mol. The molecule has 2 atom stereocenters. The molecule has 2 amide bonds. The number of nitrogens with one attached hydrogen (secondary N) is 1. The SMILES string of the molecule is CC(NC(=O)c1ccnc2c(S)cccc12)C(=O)N1CCCC1B(O)O.CSC(=O)S. The largest absolute Gasteiger partial charge is 0.475 e. The molecule has 31 heavy (non-hydrogen) atoms. The molecule has 12 heteroatoms. The summed E-state index contributed by atoms with van der Waals surface area (Å²) < 4.78 is -0.134. The fourth-order valence-corrected chi connectivity index (χ4v) is 3.58. The number of nitrogens with zero attached hydrogens (tertiary/aromatic N) is 2. The minimum atomic E-state index is -1.58. The Balaban J connectivity index is 0.000000614. The molecule has 1 saturated heterocycles. The van der Waals surface area contributed by atoms with Gasteiger partial charge < -0.3 is 20.3 Å². The van der Waals surface area contributed by atoms with Crippen LogP contribution >= 0.6 is 37.0 Å². The first-order valence-electron chi connectivity index (χ1n) is 9.48. The molecule has 1 aromatic heterocycles. The number of thiol groups is 2. The molecule has 8 nitrogen and oxygen atoms in total. The number of fused-ring (bicyclic) bond motifs is 1. The van der Waals surface area contributed by atoms with E-state index in [1.165, 1.54) is 11.1 Å². The van der Waals surface area contributed by atoms with E-state index < -0.39 is 25.0 Å². The van der Waals surface area contributed by atoms with E-state index >= 15 is 0 Å². The molecule has 0 saturated carbocycles. The van der Waals surface area contributed by atoms with Crippen molar-refractivity contribution in [3.05, 3.63) is 36.0 Å². The molecule has 0 bridgehead atoms. The normalized spacial score (nSPS) is 16.3. The molecule has 1 fully saturated rings. The number of carbonyl (C=O) groups excluding carboxylic acids is 3. The molecule has 0 spiro atoms. The Morgan fingerprint density at radius 2 is 2.00 bits per heavy atom. The van der Waals surface area contributed by atoms with Crippen LogP contribution in [0.2, 0.25) is 0 Å². The third-order valence-electron chi connectivity index (χ3n) is 4.81. The minimum Gasteiger partial charge on any atom is -0.426 e. The van der Waals surface area contributed by atoms with Crippen LogP contribution in [0.4, 0.5) is 4.79 Å². The second-order valence-electron chi connectivity index (χ2n) is 6.85. The van der Waals surface area contributed by atoms with Crippen LogP contribution in [0.25, 0.3) is 10.9 Å². The summed E-state index contributed by atoms with van der Waals surface area (Å²) in [7, 11) is -1.58. The van der Waals surface area contributed by atoms with E-state index in [1.54, 1.807) is 37.4 Å². The van der Waals surface area contributed by atoms with Crippen molar-refractivity contribution >= 4 is 71.3 Å². The maximum atomic E-state index is 12.7. The van der Waals surface area contributed by atoms with Crippen LogP contribution in [0.15, 0.2) is 35.4 Å². The summed E-state index contributed by atoms with van der Waals surface area (Å²) in [6, 6.07) is 6.17. The fourth-order valence-electron chi connectivity index (χ4n) is 3.32. The molecule has 3 N–H and O–H groups in total. The standard InChI is InChI=1S/C17H20BN3O4S.C2H4OS2/c1-10(17(23)21-9-3-6-14(21)18(24)25)20-16(22)12-7-8-19-15-11(12)4-2-5-13(15)26;1-5-2(3)4/h2,4-5,7-8,10,14,24-26H,3,6,9H2,1H3,(H,20,22);1H3,(H,3,4). The molecule has 166 valence electrons. The van der Waals surface area contributed by atoms with E-state index in [-0.39, 0.29) is 10.4 Å². The molecular weight excluding hydrogens is 457 g/mol. The zero-order valence-corrected chi connectivity index (χ0v) is 19.7. The topological polar surface area (TPSA) is 120 Å². The van der Waals surface area contributed by atoms with Crippen LogP contribution in [0.3, 0.4) is 0 Å². The van der Waals surface area contributed by atoms with Crippen molar-refractivity contribution in [2.75, 3.05) is 12.8 Å². The van der Waals surface area contributed by atoms with Crippen molar-refractivity contribution in [1.82, 2.24) is 15.2 Å². The highest BCUT2D eigenvalue weighted by atomic mass is 32.2. The summed E-state index contributed by atoms with van der Waals surface area (Å²) in [5.41, 5.74) is 1.02. The highest BCUT2D eigenvalue weighted by molar-refractivity contribution is 8.31. The smallest absolute Gasteiger partial charge is 0.426 e. The Morgan fingerprint density at radius 3 is 2.61 bits per heavy atom. The molecular formula is C19H24BN3O5S3. The van der Waals surface area contributed by atoms with E-state index in [4.69, 9.17) is 0 Å². The van der Waals surface area contributed by atoms with Gasteiger partial charge in [-0.2, -0.15) is 0 Å². The molecule has 1 aromatic carbocycles. The molecule has 3 rings (SSSR count). The number of amides is 2. The van der Waals surface area contributed by atoms with Gasteiger partial charge in [0.25, 0.3) is 5.91 Å². The molecule has 2 heterocycles. The quantitative estimate of drug-likeness (QED) is 0.335. The Kier molecular flexibility index (Phi) is 9.69. The van der Waals surface area contributed by atoms with E-state index in [1.807, 2.05) is 0 Å². The summed E-state index contributed by atoms with van der Waals surface area (Å²) in [5, 5.41) is 22.2. The lowest BCUT2D eigenvalue weighted by molar-refractivity contribution is -0.132. The number of hydrogen-bond donors (Lipinski definition) is 5. The summed E-state index contributed by atoms with van der Waals surface area (Å²) in [5.74, 6) is -1.35. The van der Waals surface area contributed by atoms with E-state index in [0.29, 0.717) is 40.7 Å². The number of rotatable bonds is 4. The van der Waals surface area contributed by atoms with Crippen LogP contribution in [0.1, 0.15) is 30.1 Å². The average Bonchev–Trinajstić information content (AvgIpc) is 3.23. The van der Waals surface area contributed by atoms with Gasteiger partial charge in [0.2, 0.25) is 10.4 Å². The van der Waals surface area contributed by atoms with Gasteiger partial charge in [0.1, 0.15) is 6.04 Å². The lowest BCUT2D eigenvalue weighted by Gasteiger charge is -2.27. The molecule has 1 aliphatic rings. The number of hydrogen-bond acceptors (Lipinski definition) is 8. The van der Waals surface area contributed by atoms with Crippen molar-refractivity contribution in [1.29, 1.82) is 0 Å². The summed E-state index contributed by atoms with van der Waals surface area (Å²) in [6.07, 6.45) is 4.45. The maximum Gasteiger partial charge on any atom is 0.475 e. The third-order valence-corrected chi connectivity index (χ3v) is 6.07. The van der Waals surface area contributed by atoms with Gasteiger partial charge in [0.05, 0.1) is 17.0 Å². The Bertz CT molecular complexity index is 963. The van der Waals surface area contributed by atoms with Crippen molar-refractivity contribution in [2.45, 2.75) is 36.6 Å². The van der Waals surface area contributed by atoms with Gasteiger partial charge >= 0.3 is 7.12 Å². The first kappa shape index (κ1) is 25.5. The average molecular weight is 481 g/mol. The van der Waals surface area contributed by atoms with Crippen molar-refractivity contribution in [3.8, 4) is 0 Å².